The van der Waals surface area contributed by atoms with E-state index in [2.05, 4.69) is 5.32 Å². The molecule has 1 amide bonds. The Balaban J connectivity index is 2.33. The van der Waals surface area contributed by atoms with Gasteiger partial charge < -0.3 is 5.32 Å². The molecule has 6 heteroatoms. The summed E-state index contributed by atoms with van der Waals surface area (Å²) in [5.41, 5.74) is 1.04. The van der Waals surface area contributed by atoms with Gasteiger partial charge in [-0.25, -0.2) is 8.42 Å². The molecule has 0 aliphatic carbocycles. The quantitative estimate of drug-likeness (QED) is 0.884. The molecule has 122 valence electrons. The number of carbonyl (C=O) groups is 1. The predicted molar refractivity (Wildman–Crippen MR) is 91.1 cm³/mol. The molecule has 2 aromatic carbocycles. The van der Waals surface area contributed by atoms with Gasteiger partial charge in [-0.2, -0.15) is 0 Å². The highest BCUT2D eigenvalue weighted by molar-refractivity contribution is 7.92. The monoisotopic (exact) mass is 332 g/mol. The summed E-state index contributed by atoms with van der Waals surface area (Å²) in [5.74, 6) is -0.173. The summed E-state index contributed by atoms with van der Waals surface area (Å²) in [4.78, 5) is 12.0. The summed E-state index contributed by atoms with van der Waals surface area (Å²) < 4.78 is 26.8. The Morgan fingerprint density at radius 3 is 2.13 bits per heavy atom. The lowest BCUT2D eigenvalue weighted by atomic mass is 10.2. The molecule has 5 nitrogen and oxygen atoms in total. The van der Waals surface area contributed by atoms with Crippen LogP contribution in [-0.4, -0.2) is 27.4 Å². The van der Waals surface area contributed by atoms with Crippen molar-refractivity contribution in [2.75, 3.05) is 17.4 Å². The topological polar surface area (TPSA) is 66.5 Å². The highest BCUT2D eigenvalue weighted by atomic mass is 32.2. The van der Waals surface area contributed by atoms with Gasteiger partial charge in [0.05, 0.1) is 10.6 Å². The second kappa shape index (κ2) is 7.28. The predicted octanol–water partition coefficient (Wildman–Crippen LogP) is 2.65. The fraction of sp³-hybridized carbons (Fsp3) is 0.235. The molecule has 0 unspecified atom stereocenters. The summed E-state index contributed by atoms with van der Waals surface area (Å²) >= 11 is 0. The Hall–Kier alpha value is -2.34. The Labute approximate surface area is 137 Å². The zero-order valence-corrected chi connectivity index (χ0v) is 14.0. The Kier molecular flexibility index (Phi) is 5.39. The average molecular weight is 332 g/mol. The van der Waals surface area contributed by atoms with Gasteiger partial charge in [0, 0.05) is 18.7 Å². The van der Waals surface area contributed by atoms with Gasteiger partial charge >= 0.3 is 0 Å². The van der Waals surface area contributed by atoms with Crippen LogP contribution in [0.2, 0.25) is 0 Å². The highest BCUT2D eigenvalue weighted by Crippen LogP contribution is 2.23. The van der Waals surface area contributed by atoms with Crippen LogP contribution in [0.25, 0.3) is 0 Å². The minimum absolute atomic E-state index is 0.173. The zero-order chi connectivity index (χ0) is 16.9. The molecule has 0 saturated carbocycles. The van der Waals surface area contributed by atoms with E-state index in [1.54, 1.807) is 61.5 Å². The lowest BCUT2D eigenvalue weighted by molar-refractivity contribution is 0.0956. The smallest absolute Gasteiger partial charge is 0.264 e. The molecule has 0 fully saturated rings. The third kappa shape index (κ3) is 3.71. The van der Waals surface area contributed by atoms with Gasteiger partial charge in [0.25, 0.3) is 15.9 Å². The molecule has 2 rings (SSSR count). The molecule has 0 heterocycles. The minimum Gasteiger partial charge on any atom is -0.352 e. The molecule has 23 heavy (non-hydrogen) atoms. The van der Waals surface area contributed by atoms with E-state index in [0.717, 1.165) is 0 Å². The molecule has 0 bridgehead atoms. The Bertz CT molecular complexity index is 756. The number of sulfonamides is 1. The van der Waals surface area contributed by atoms with Crippen molar-refractivity contribution in [1.29, 1.82) is 0 Å². The largest absolute Gasteiger partial charge is 0.352 e. The second-order valence-corrected chi connectivity index (χ2v) is 6.75. The first-order valence-corrected chi connectivity index (χ1v) is 8.90. The summed E-state index contributed by atoms with van der Waals surface area (Å²) in [6.07, 6.45) is 0. The molecule has 0 spiro atoms. The van der Waals surface area contributed by atoms with Gasteiger partial charge in [0.15, 0.2) is 0 Å². The minimum atomic E-state index is -3.61. The maximum atomic E-state index is 12.7. The summed E-state index contributed by atoms with van der Waals surface area (Å²) in [6, 6.07) is 14.9. The molecule has 0 aliphatic heterocycles. The number of rotatable bonds is 6. The number of carbonyl (C=O) groups excluding carboxylic acids is 1. The first kappa shape index (κ1) is 17.0. The van der Waals surface area contributed by atoms with Crippen molar-refractivity contribution in [3.05, 3.63) is 60.2 Å². The van der Waals surface area contributed by atoms with Crippen LogP contribution in [-0.2, 0) is 10.0 Å². The van der Waals surface area contributed by atoms with Crippen LogP contribution in [0.1, 0.15) is 24.2 Å². The number of nitrogens with zero attached hydrogens (tertiary/aromatic N) is 1. The summed E-state index contributed by atoms with van der Waals surface area (Å²) in [5, 5.41) is 2.71. The van der Waals surface area contributed by atoms with Gasteiger partial charge in [0.1, 0.15) is 0 Å². The molecule has 0 saturated heterocycles. The third-order valence-electron chi connectivity index (χ3n) is 3.37. The van der Waals surface area contributed by atoms with E-state index >= 15 is 0 Å². The van der Waals surface area contributed by atoms with E-state index in [1.165, 1.54) is 4.31 Å². The number of hydrogen-bond donors (Lipinski definition) is 1. The van der Waals surface area contributed by atoms with Crippen molar-refractivity contribution in [2.24, 2.45) is 0 Å². The SMILES string of the molecule is CCNC(=O)c1ccc(N(CC)S(=O)(=O)c2ccccc2)cc1. The molecule has 2 aromatic rings. The number of hydrogen-bond acceptors (Lipinski definition) is 3. The zero-order valence-electron chi connectivity index (χ0n) is 13.2. The van der Waals surface area contributed by atoms with E-state index in [9.17, 15) is 13.2 Å². The Morgan fingerprint density at radius 1 is 1.00 bits per heavy atom. The van der Waals surface area contributed by atoms with E-state index in [-0.39, 0.29) is 10.8 Å². The van der Waals surface area contributed by atoms with Gasteiger partial charge in [-0.1, -0.05) is 18.2 Å². The van der Waals surface area contributed by atoms with Gasteiger partial charge in [-0.3, -0.25) is 9.10 Å². The normalized spacial score (nSPS) is 11.0. The number of amides is 1. The van der Waals surface area contributed by atoms with Crippen molar-refractivity contribution in [2.45, 2.75) is 18.7 Å². The van der Waals surface area contributed by atoms with Crippen LogP contribution in [0.3, 0.4) is 0 Å². The van der Waals surface area contributed by atoms with Crippen LogP contribution in [0.4, 0.5) is 5.69 Å². The van der Waals surface area contributed by atoms with Crippen LogP contribution in [0.15, 0.2) is 59.5 Å². The van der Waals surface area contributed by atoms with Crippen molar-refractivity contribution >= 4 is 21.6 Å². The summed E-state index contributed by atoms with van der Waals surface area (Å²) in [7, 11) is -3.61. The standard InChI is InChI=1S/C17H20N2O3S/c1-3-18-17(20)14-10-12-15(13-11-14)19(4-2)23(21,22)16-8-6-5-7-9-16/h5-13H,3-4H2,1-2H3,(H,18,20). The molecular formula is C17H20N2O3S. The maximum Gasteiger partial charge on any atom is 0.264 e. The molecule has 0 radical (unpaired) electrons. The van der Waals surface area contributed by atoms with Gasteiger partial charge in [-0.15, -0.1) is 0 Å². The molecule has 0 aromatic heterocycles. The lowest BCUT2D eigenvalue weighted by Crippen LogP contribution is -2.30. The van der Waals surface area contributed by atoms with Crippen molar-refractivity contribution in [3.63, 3.8) is 0 Å². The van der Waals surface area contributed by atoms with Crippen LogP contribution < -0.4 is 9.62 Å². The van der Waals surface area contributed by atoms with Crippen molar-refractivity contribution < 1.29 is 13.2 Å². The maximum absolute atomic E-state index is 12.7. The molecule has 1 N–H and O–H groups in total. The van der Waals surface area contributed by atoms with E-state index in [1.807, 2.05) is 6.92 Å². The van der Waals surface area contributed by atoms with Crippen molar-refractivity contribution in [3.8, 4) is 0 Å². The molecule has 0 atom stereocenters. The average Bonchev–Trinajstić information content (AvgIpc) is 2.57. The Morgan fingerprint density at radius 2 is 1.61 bits per heavy atom. The van der Waals surface area contributed by atoms with Crippen LogP contribution in [0, 0.1) is 0 Å². The van der Waals surface area contributed by atoms with E-state index in [0.29, 0.717) is 24.3 Å². The fourth-order valence-corrected chi connectivity index (χ4v) is 3.75. The number of anilines is 1. The first-order valence-electron chi connectivity index (χ1n) is 7.46. The summed E-state index contributed by atoms with van der Waals surface area (Å²) in [6.45, 7) is 4.47. The fourth-order valence-electron chi connectivity index (χ4n) is 2.25. The van der Waals surface area contributed by atoms with E-state index < -0.39 is 10.0 Å². The first-order chi connectivity index (χ1) is 11.0. The lowest BCUT2D eigenvalue weighted by Gasteiger charge is -2.23. The number of benzene rings is 2. The van der Waals surface area contributed by atoms with Crippen LogP contribution in [0.5, 0.6) is 0 Å². The highest BCUT2D eigenvalue weighted by Gasteiger charge is 2.23. The van der Waals surface area contributed by atoms with E-state index in [4.69, 9.17) is 0 Å². The second-order valence-electron chi connectivity index (χ2n) is 4.89. The van der Waals surface area contributed by atoms with Crippen LogP contribution >= 0.6 is 0 Å². The van der Waals surface area contributed by atoms with Gasteiger partial charge in [-0.05, 0) is 50.2 Å². The number of nitrogens with one attached hydrogen (secondary N) is 1. The third-order valence-corrected chi connectivity index (χ3v) is 5.29. The van der Waals surface area contributed by atoms with Gasteiger partial charge in [0.2, 0.25) is 0 Å². The molecular weight excluding hydrogens is 312 g/mol. The molecule has 0 aliphatic rings. The van der Waals surface area contributed by atoms with Crippen molar-refractivity contribution in [1.82, 2.24) is 5.32 Å².